The van der Waals surface area contributed by atoms with Gasteiger partial charge in [-0.3, -0.25) is 9.69 Å². The van der Waals surface area contributed by atoms with Crippen molar-refractivity contribution in [1.82, 2.24) is 15.3 Å². The first-order valence-corrected chi connectivity index (χ1v) is 12.2. The molecule has 37 heavy (non-hydrogen) atoms. The maximum absolute atomic E-state index is 13.3. The van der Waals surface area contributed by atoms with Gasteiger partial charge in [0.15, 0.2) is 0 Å². The van der Waals surface area contributed by atoms with E-state index in [0.29, 0.717) is 39.5 Å². The molecule has 0 bridgehead atoms. The van der Waals surface area contributed by atoms with Crippen molar-refractivity contribution < 1.29 is 18.0 Å². The first-order valence-electron chi connectivity index (χ1n) is 11.4. The van der Waals surface area contributed by atoms with Gasteiger partial charge in [0.2, 0.25) is 5.95 Å². The second-order valence-corrected chi connectivity index (χ2v) is 9.50. The van der Waals surface area contributed by atoms with Crippen LogP contribution >= 0.6 is 23.2 Å². The molecule has 5 rings (SSSR count). The fraction of sp³-hybridized carbons (Fsp3) is 0.292. The van der Waals surface area contributed by atoms with E-state index in [2.05, 4.69) is 25.9 Å². The maximum atomic E-state index is 13.3. The Bertz CT molecular complexity index is 1300. The lowest BCUT2D eigenvalue weighted by Gasteiger charge is -2.36. The molecule has 2 unspecified atom stereocenters. The summed E-state index contributed by atoms with van der Waals surface area (Å²) in [4.78, 5) is 25.1. The molecule has 3 N–H and O–H groups in total. The number of piperazine rings is 1. The number of nitrogens with zero attached hydrogens (tertiary/aromatic N) is 4. The molecular formula is C24H22Cl2F3N7O. The van der Waals surface area contributed by atoms with Crippen LogP contribution < -0.4 is 25.8 Å². The summed E-state index contributed by atoms with van der Waals surface area (Å²) in [5.41, 5.74) is 1.99. The molecule has 0 aliphatic carbocycles. The third-order valence-corrected chi connectivity index (χ3v) is 6.82. The molecule has 194 valence electrons. The molecule has 2 aromatic carbocycles. The molecule has 2 atom stereocenters. The quantitative estimate of drug-likeness (QED) is 0.406. The minimum absolute atomic E-state index is 0.154. The fourth-order valence-electron chi connectivity index (χ4n) is 4.38. The van der Waals surface area contributed by atoms with Gasteiger partial charge in [0.25, 0.3) is 5.91 Å². The van der Waals surface area contributed by atoms with Gasteiger partial charge in [0, 0.05) is 37.2 Å². The van der Waals surface area contributed by atoms with Crippen LogP contribution in [0.25, 0.3) is 0 Å². The number of rotatable bonds is 4. The molecule has 8 nitrogen and oxygen atoms in total. The standard InChI is InChI=1S/C24H22Cl2F3N7O/c1-13-32-21-16(22(37)36(13)20-17(25)3-2-4-18(20)26)11-31-23(34-21)33-14-5-7-15(8-6-14)35-10-9-30-19(12-35)24(27,28)29/h2-8,11,13,19,30H,9-10,12H2,1H3,(H2,31,32,33,34). The molecule has 1 amide bonds. The molecule has 2 aliphatic rings. The van der Waals surface area contributed by atoms with Crippen LogP contribution in [0.1, 0.15) is 17.3 Å². The Labute approximate surface area is 220 Å². The highest BCUT2D eigenvalue weighted by Crippen LogP contribution is 2.38. The zero-order valence-corrected chi connectivity index (χ0v) is 21.0. The van der Waals surface area contributed by atoms with Gasteiger partial charge >= 0.3 is 6.18 Å². The lowest BCUT2D eigenvalue weighted by atomic mass is 10.1. The molecule has 1 saturated heterocycles. The van der Waals surface area contributed by atoms with Gasteiger partial charge in [-0.15, -0.1) is 0 Å². The van der Waals surface area contributed by atoms with Crippen molar-refractivity contribution in [3.63, 3.8) is 0 Å². The van der Waals surface area contributed by atoms with Crippen LogP contribution in [0.5, 0.6) is 0 Å². The van der Waals surface area contributed by atoms with E-state index in [4.69, 9.17) is 23.2 Å². The summed E-state index contributed by atoms with van der Waals surface area (Å²) in [5.74, 6) is 0.257. The Balaban J connectivity index is 1.31. The number of alkyl halides is 3. The normalized spacial score (nSPS) is 19.9. The fourth-order valence-corrected chi connectivity index (χ4v) is 4.96. The molecule has 1 aromatic heterocycles. The van der Waals surface area contributed by atoms with Gasteiger partial charge < -0.3 is 20.9 Å². The SMILES string of the molecule is CC1Nc2nc(Nc3ccc(N4CCNC(C(F)(F)F)C4)cc3)ncc2C(=O)N1c1c(Cl)cccc1Cl. The summed E-state index contributed by atoms with van der Waals surface area (Å²) >= 11 is 12.6. The largest absolute Gasteiger partial charge is 0.405 e. The van der Waals surface area contributed by atoms with Crippen LogP contribution in [-0.2, 0) is 0 Å². The number of aromatic nitrogens is 2. The van der Waals surface area contributed by atoms with Gasteiger partial charge in [-0.05, 0) is 43.3 Å². The van der Waals surface area contributed by atoms with Gasteiger partial charge in [0.05, 0.1) is 15.7 Å². The van der Waals surface area contributed by atoms with Crippen molar-refractivity contribution in [1.29, 1.82) is 0 Å². The highest BCUT2D eigenvalue weighted by atomic mass is 35.5. The van der Waals surface area contributed by atoms with Gasteiger partial charge in [-0.2, -0.15) is 18.2 Å². The lowest BCUT2D eigenvalue weighted by molar-refractivity contribution is -0.155. The average molecular weight is 552 g/mol. The van der Waals surface area contributed by atoms with Crippen molar-refractivity contribution in [2.24, 2.45) is 0 Å². The highest BCUT2D eigenvalue weighted by Gasteiger charge is 2.42. The summed E-state index contributed by atoms with van der Waals surface area (Å²) in [6.45, 7) is 2.35. The predicted molar refractivity (Wildman–Crippen MR) is 138 cm³/mol. The summed E-state index contributed by atoms with van der Waals surface area (Å²) < 4.78 is 39.3. The number of carbonyl (C=O) groups is 1. The molecule has 13 heteroatoms. The number of amides is 1. The maximum Gasteiger partial charge on any atom is 0.405 e. The monoisotopic (exact) mass is 551 g/mol. The van der Waals surface area contributed by atoms with Crippen molar-refractivity contribution in [2.45, 2.75) is 25.3 Å². The van der Waals surface area contributed by atoms with E-state index in [0.717, 1.165) is 0 Å². The van der Waals surface area contributed by atoms with E-state index in [1.54, 1.807) is 54.3 Å². The van der Waals surface area contributed by atoms with Crippen molar-refractivity contribution in [2.75, 3.05) is 40.1 Å². The summed E-state index contributed by atoms with van der Waals surface area (Å²) in [5, 5.41) is 9.44. The number of para-hydroxylation sites is 1. The number of hydrogen-bond donors (Lipinski definition) is 3. The second kappa shape index (κ2) is 9.88. The molecule has 0 saturated carbocycles. The number of halogens is 5. The highest BCUT2D eigenvalue weighted by molar-refractivity contribution is 6.40. The first-order chi connectivity index (χ1) is 17.6. The minimum Gasteiger partial charge on any atom is -0.368 e. The smallest absolute Gasteiger partial charge is 0.368 e. The molecule has 3 aromatic rings. The van der Waals surface area contributed by atoms with Crippen LogP contribution in [0, 0.1) is 0 Å². The van der Waals surface area contributed by atoms with E-state index in [1.807, 2.05) is 0 Å². The zero-order chi connectivity index (χ0) is 26.3. The van der Waals surface area contributed by atoms with Crippen LogP contribution in [-0.4, -0.2) is 53.9 Å². The third kappa shape index (κ3) is 5.11. The van der Waals surface area contributed by atoms with Crippen LogP contribution in [0.15, 0.2) is 48.7 Å². The molecule has 3 heterocycles. The molecule has 0 radical (unpaired) electrons. The summed E-state index contributed by atoms with van der Waals surface area (Å²) in [7, 11) is 0. The number of carbonyl (C=O) groups excluding carboxylic acids is 1. The third-order valence-electron chi connectivity index (χ3n) is 6.21. The summed E-state index contributed by atoms with van der Waals surface area (Å²) in [6.07, 6.45) is -3.37. The Morgan fingerprint density at radius 2 is 1.81 bits per heavy atom. The number of anilines is 5. The minimum atomic E-state index is -4.30. The van der Waals surface area contributed by atoms with Gasteiger partial charge in [-0.1, -0.05) is 29.3 Å². The summed E-state index contributed by atoms with van der Waals surface area (Å²) in [6, 6.07) is 10.4. The molecule has 1 fully saturated rings. The van der Waals surface area contributed by atoms with Crippen LogP contribution in [0.2, 0.25) is 10.0 Å². The Morgan fingerprint density at radius 1 is 1.11 bits per heavy atom. The first kappa shape index (κ1) is 25.4. The van der Waals surface area contributed by atoms with Gasteiger partial charge in [0.1, 0.15) is 23.6 Å². The number of fused-ring (bicyclic) bond motifs is 1. The molecule has 2 aliphatic heterocycles. The molecular weight excluding hydrogens is 530 g/mol. The van der Waals surface area contributed by atoms with E-state index in [1.165, 1.54) is 11.1 Å². The number of benzene rings is 2. The zero-order valence-electron chi connectivity index (χ0n) is 19.5. The van der Waals surface area contributed by atoms with Crippen LogP contribution in [0.4, 0.5) is 42.0 Å². The van der Waals surface area contributed by atoms with Crippen molar-refractivity contribution >= 4 is 57.9 Å². The van der Waals surface area contributed by atoms with E-state index in [-0.39, 0.29) is 30.5 Å². The van der Waals surface area contributed by atoms with Crippen molar-refractivity contribution in [3.05, 3.63) is 64.3 Å². The topological polar surface area (TPSA) is 85.4 Å². The Hall–Kier alpha value is -3.28. The second-order valence-electron chi connectivity index (χ2n) is 8.69. The average Bonchev–Trinajstić information content (AvgIpc) is 2.85. The van der Waals surface area contributed by atoms with E-state index >= 15 is 0 Å². The molecule has 0 spiro atoms. The van der Waals surface area contributed by atoms with E-state index in [9.17, 15) is 18.0 Å². The number of nitrogens with one attached hydrogen (secondary N) is 3. The Kier molecular flexibility index (Phi) is 6.78. The van der Waals surface area contributed by atoms with Crippen molar-refractivity contribution in [3.8, 4) is 0 Å². The Morgan fingerprint density at radius 3 is 2.49 bits per heavy atom. The van der Waals surface area contributed by atoms with Crippen LogP contribution in [0.3, 0.4) is 0 Å². The number of hydrogen-bond acceptors (Lipinski definition) is 7. The van der Waals surface area contributed by atoms with E-state index < -0.39 is 18.4 Å². The lowest BCUT2D eigenvalue weighted by Crippen LogP contribution is -2.57. The predicted octanol–water partition coefficient (Wildman–Crippen LogP) is 5.29. The van der Waals surface area contributed by atoms with Gasteiger partial charge in [-0.25, -0.2) is 4.98 Å².